The van der Waals surface area contributed by atoms with Crippen molar-refractivity contribution >= 4 is 15.9 Å². The molecule has 8 nitrogen and oxygen atoms in total. The number of nitriles is 1. The maximum atomic E-state index is 9.92. The van der Waals surface area contributed by atoms with Crippen LogP contribution in [0.4, 0.5) is 0 Å². The van der Waals surface area contributed by atoms with Crippen LogP contribution in [0.2, 0.25) is 0 Å². The number of benzene rings is 2. The van der Waals surface area contributed by atoms with E-state index in [0.29, 0.717) is 28.7 Å². The van der Waals surface area contributed by atoms with Crippen molar-refractivity contribution in [2.24, 2.45) is 5.73 Å². The van der Waals surface area contributed by atoms with Crippen molar-refractivity contribution in [3.05, 3.63) is 63.5 Å². The minimum Gasteiger partial charge on any atom is -0.493 e. The molecule has 2 heterocycles. The molecule has 0 unspecified atom stereocenters. The Morgan fingerprint density at radius 2 is 1.74 bits per heavy atom. The molecule has 2 aromatic carbocycles. The average molecular weight is 483 g/mol. The number of aromatic nitrogens is 2. The van der Waals surface area contributed by atoms with E-state index in [-0.39, 0.29) is 11.5 Å². The normalized spacial score (nSPS) is 15.0. The average Bonchev–Trinajstić information content (AvgIpc) is 3.20. The Labute approximate surface area is 187 Å². The number of fused-ring (bicyclic) bond motifs is 1. The molecule has 31 heavy (non-hydrogen) atoms. The Hall–Kier alpha value is -3.64. The number of hydrogen-bond acceptors (Lipinski definition) is 7. The number of rotatable bonds is 5. The number of aromatic amines is 1. The van der Waals surface area contributed by atoms with Gasteiger partial charge in [-0.05, 0) is 29.8 Å². The minimum atomic E-state index is -0.556. The summed E-state index contributed by atoms with van der Waals surface area (Å²) in [5.74, 6) is 1.15. The summed E-state index contributed by atoms with van der Waals surface area (Å²) in [5.41, 5.74) is 9.38. The standard InChI is InChI=1S/C22H19BrN4O4/c1-28-15-8-12(9-16(29-2)20(15)30-3)17-14(10-24)21(25)31-22-18(17)19(26-27-22)11-4-6-13(23)7-5-11/h4-9,17H,25H2,1-3H3,(H,26,27)/t17-/m1/s1. The van der Waals surface area contributed by atoms with Crippen LogP contribution in [-0.4, -0.2) is 31.5 Å². The van der Waals surface area contributed by atoms with Gasteiger partial charge in [-0.3, -0.25) is 5.10 Å². The highest BCUT2D eigenvalue weighted by Gasteiger charge is 2.36. The summed E-state index contributed by atoms with van der Waals surface area (Å²) in [4.78, 5) is 0. The summed E-state index contributed by atoms with van der Waals surface area (Å²) in [5, 5.41) is 17.2. The fourth-order valence-corrected chi connectivity index (χ4v) is 3.95. The number of halogens is 1. The monoisotopic (exact) mass is 482 g/mol. The van der Waals surface area contributed by atoms with E-state index in [1.165, 1.54) is 21.3 Å². The Kier molecular flexibility index (Phi) is 5.48. The van der Waals surface area contributed by atoms with Crippen molar-refractivity contribution in [1.29, 1.82) is 5.26 Å². The van der Waals surface area contributed by atoms with Crippen LogP contribution in [0.25, 0.3) is 11.3 Å². The van der Waals surface area contributed by atoms with Gasteiger partial charge in [0, 0.05) is 10.0 Å². The molecule has 4 rings (SSSR count). The van der Waals surface area contributed by atoms with Gasteiger partial charge in [0.25, 0.3) is 0 Å². The fourth-order valence-electron chi connectivity index (χ4n) is 3.68. The molecule has 0 radical (unpaired) electrons. The molecule has 0 saturated carbocycles. The zero-order valence-corrected chi connectivity index (χ0v) is 18.6. The molecule has 1 aliphatic heterocycles. The molecule has 0 spiro atoms. The molecule has 1 aromatic heterocycles. The van der Waals surface area contributed by atoms with Gasteiger partial charge in [0.2, 0.25) is 17.5 Å². The van der Waals surface area contributed by atoms with Crippen molar-refractivity contribution in [3.8, 4) is 40.5 Å². The van der Waals surface area contributed by atoms with E-state index in [1.807, 2.05) is 24.3 Å². The molecule has 0 fully saturated rings. The van der Waals surface area contributed by atoms with Crippen molar-refractivity contribution < 1.29 is 18.9 Å². The van der Waals surface area contributed by atoms with Crippen molar-refractivity contribution in [2.75, 3.05) is 21.3 Å². The number of methoxy groups -OCH3 is 3. The number of nitrogens with one attached hydrogen (secondary N) is 1. The first-order valence-electron chi connectivity index (χ1n) is 9.24. The summed E-state index contributed by atoms with van der Waals surface area (Å²) < 4.78 is 23.1. The van der Waals surface area contributed by atoms with E-state index >= 15 is 0 Å². The lowest BCUT2D eigenvalue weighted by Crippen LogP contribution is -2.21. The van der Waals surface area contributed by atoms with Gasteiger partial charge in [-0.15, -0.1) is 5.10 Å². The third-order valence-electron chi connectivity index (χ3n) is 5.09. The Balaban J connectivity index is 1.97. The number of allylic oxidation sites excluding steroid dienone is 1. The highest BCUT2D eigenvalue weighted by molar-refractivity contribution is 9.10. The number of nitrogens with two attached hydrogens (primary N) is 1. The highest BCUT2D eigenvalue weighted by Crippen LogP contribution is 2.49. The van der Waals surface area contributed by atoms with Crippen LogP contribution in [-0.2, 0) is 0 Å². The summed E-state index contributed by atoms with van der Waals surface area (Å²) in [6, 6.07) is 13.5. The number of ether oxygens (including phenoxy) is 4. The Morgan fingerprint density at radius 3 is 2.29 bits per heavy atom. The second-order valence-electron chi connectivity index (χ2n) is 6.71. The van der Waals surface area contributed by atoms with Crippen LogP contribution in [0.1, 0.15) is 17.0 Å². The second kappa shape index (κ2) is 8.24. The van der Waals surface area contributed by atoms with Crippen LogP contribution < -0.4 is 24.7 Å². The SMILES string of the molecule is COc1cc([C@@H]2C(C#N)=C(N)Oc3n[nH]c(-c4ccc(Br)cc4)c32)cc(OC)c1OC. The molecule has 0 bridgehead atoms. The van der Waals surface area contributed by atoms with Gasteiger partial charge >= 0.3 is 0 Å². The van der Waals surface area contributed by atoms with Crippen LogP contribution in [0.3, 0.4) is 0 Å². The molecule has 158 valence electrons. The molecule has 1 atom stereocenters. The van der Waals surface area contributed by atoms with Crippen LogP contribution in [0, 0.1) is 11.3 Å². The second-order valence-corrected chi connectivity index (χ2v) is 7.62. The van der Waals surface area contributed by atoms with Crippen molar-refractivity contribution in [3.63, 3.8) is 0 Å². The van der Waals surface area contributed by atoms with E-state index in [0.717, 1.165) is 21.3 Å². The number of nitrogens with zero attached hydrogens (tertiary/aromatic N) is 2. The molecule has 0 saturated heterocycles. The maximum absolute atomic E-state index is 9.92. The first-order valence-corrected chi connectivity index (χ1v) is 10.0. The van der Waals surface area contributed by atoms with Crippen LogP contribution in [0.5, 0.6) is 23.1 Å². The summed E-state index contributed by atoms with van der Waals surface area (Å²) in [6.07, 6.45) is 0. The summed E-state index contributed by atoms with van der Waals surface area (Å²) in [7, 11) is 4.61. The van der Waals surface area contributed by atoms with Gasteiger partial charge in [0.05, 0.1) is 38.5 Å². The van der Waals surface area contributed by atoms with Crippen molar-refractivity contribution in [1.82, 2.24) is 10.2 Å². The molecule has 3 N–H and O–H groups in total. The fraction of sp³-hybridized carbons (Fsp3) is 0.182. The lowest BCUT2D eigenvalue weighted by molar-refractivity contribution is 0.323. The van der Waals surface area contributed by atoms with Crippen LogP contribution in [0.15, 0.2) is 52.3 Å². The molecule has 0 aliphatic carbocycles. The molecule has 9 heteroatoms. The first-order chi connectivity index (χ1) is 15.0. The van der Waals surface area contributed by atoms with Crippen molar-refractivity contribution in [2.45, 2.75) is 5.92 Å². The predicted octanol–water partition coefficient (Wildman–Crippen LogP) is 4.08. The van der Waals surface area contributed by atoms with E-state index < -0.39 is 5.92 Å². The number of H-pyrrole nitrogens is 1. The topological polar surface area (TPSA) is 115 Å². The lowest BCUT2D eigenvalue weighted by atomic mass is 9.82. The molecule has 3 aromatic rings. The smallest absolute Gasteiger partial charge is 0.244 e. The highest BCUT2D eigenvalue weighted by atomic mass is 79.9. The zero-order chi connectivity index (χ0) is 22.1. The molecular weight excluding hydrogens is 464 g/mol. The molecule has 0 amide bonds. The first kappa shape index (κ1) is 20.6. The molecular formula is C22H19BrN4O4. The van der Waals surface area contributed by atoms with E-state index in [4.69, 9.17) is 24.7 Å². The Bertz CT molecular complexity index is 1190. The minimum absolute atomic E-state index is 0.00241. The van der Waals surface area contributed by atoms with Gasteiger partial charge in [-0.2, -0.15) is 5.26 Å². The summed E-state index contributed by atoms with van der Waals surface area (Å²) in [6.45, 7) is 0. The van der Waals surface area contributed by atoms with E-state index in [2.05, 4.69) is 32.2 Å². The van der Waals surface area contributed by atoms with Gasteiger partial charge in [0.15, 0.2) is 11.5 Å². The van der Waals surface area contributed by atoms with Crippen LogP contribution >= 0.6 is 15.9 Å². The van der Waals surface area contributed by atoms with E-state index in [9.17, 15) is 5.26 Å². The molecule has 1 aliphatic rings. The third-order valence-corrected chi connectivity index (χ3v) is 5.62. The van der Waals surface area contributed by atoms with E-state index in [1.54, 1.807) is 12.1 Å². The van der Waals surface area contributed by atoms with Gasteiger partial charge in [0.1, 0.15) is 11.6 Å². The number of hydrogen-bond donors (Lipinski definition) is 2. The Morgan fingerprint density at radius 1 is 1.10 bits per heavy atom. The lowest BCUT2D eigenvalue weighted by Gasteiger charge is -2.25. The largest absolute Gasteiger partial charge is 0.493 e. The predicted molar refractivity (Wildman–Crippen MR) is 117 cm³/mol. The zero-order valence-electron chi connectivity index (χ0n) is 17.0. The third kappa shape index (κ3) is 3.45. The maximum Gasteiger partial charge on any atom is 0.244 e. The quantitative estimate of drug-likeness (QED) is 0.562. The van der Waals surface area contributed by atoms with Gasteiger partial charge in [-0.1, -0.05) is 28.1 Å². The van der Waals surface area contributed by atoms with Gasteiger partial charge < -0.3 is 24.7 Å². The van der Waals surface area contributed by atoms with Gasteiger partial charge in [-0.25, -0.2) is 0 Å². The summed E-state index contributed by atoms with van der Waals surface area (Å²) >= 11 is 3.45.